The van der Waals surface area contributed by atoms with Gasteiger partial charge >= 0.3 is 8.03 Å². The number of nitrogens with zero attached hydrogens (tertiary/aromatic N) is 1. The second-order valence-corrected chi connectivity index (χ2v) is 11.0. The Balaban J connectivity index is 3.58. The molecule has 0 bridgehead atoms. The predicted molar refractivity (Wildman–Crippen MR) is 127 cm³/mol. The van der Waals surface area contributed by atoms with Crippen LogP contribution in [0.1, 0.15) is 123 Å². The van der Waals surface area contributed by atoms with E-state index in [1.165, 1.54) is 83.5 Å². The molecule has 2 atom stereocenters. The summed E-state index contributed by atoms with van der Waals surface area (Å²) in [5, 5.41) is -0.597. The second kappa shape index (κ2) is 17.4. The fourth-order valence-corrected chi connectivity index (χ4v) is 5.36. The highest BCUT2D eigenvalue weighted by molar-refractivity contribution is 7.38. The Morgan fingerprint density at radius 2 is 1.14 bits per heavy atom. The lowest BCUT2D eigenvalue weighted by Gasteiger charge is -2.39. The Morgan fingerprint density at radius 1 is 0.724 bits per heavy atom. The van der Waals surface area contributed by atoms with Gasteiger partial charge in [0.2, 0.25) is 0 Å². The molecule has 0 saturated heterocycles. The molecule has 0 aromatic rings. The normalized spacial score (nSPS) is 15.0. The summed E-state index contributed by atoms with van der Waals surface area (Å²) in [6.45, 7) is 4.26. The van der Waals surface area contributed by atoms with Crippen LogP contribution in [0.2, 0.25) is 0 Å². The van der Waals surface area contributed by atoms with Crippen LogP contribution in [-0.2, 0) is 4.57 Å². The highest BCUT2D eigenvalue weighted by Gasteiger charge is 2.52. The molecule has 2 unspecified atom stereocenters. The van der Waals surface area contributed by atoms with E-state index >= 15 is 0 Å². The van der Waals surface area contributed by atoms with Gasteiger partial charge in [-0.3, -0.25) is 4.48 Å². The summed E-state index contributed by atoms with van der Waals surface area (Å²) in [6.07, 6.45) is 25.7. The van der Waals surface area contributed by atoms with Crippen molar-refractivity contribution in [3.8, 4) is 0 Å². The van der Waals surface area contributed by atoms with Crippen molar-refractivity contribution < 1.29 is 13.9 Å². The molecule has 0 heterocycles. The molecule has 0 aliphatic rings. The van der Waals surface area contributed by atoms with Gasteiger partial charge in [0.25, 0.3) is 5.28 Å². The molecule has 3 nitrogen and oxygen atoms in total. The molecule has 0 saturated carbocycles. The average molecular weight is 429 g/mol. The van der Waals surface area contributed by atoms with Gasteiger partial charge in [-0.15, -0.1) is 0 Å². The molecular formula is C25H51NO2P+. The number of hydrogen-bond acceptors (Lipinski definition) is 2. The molecule has 29 heavy (non-hydrogen) atoms. The van der Waals surface area contributed by atoms with E-state index in [4.69, 9.17) is 0 Å². The molecule has 0 N–H and O–H groups in total. The van der Waals surface area contributed by atoms with Gasteiger partial charge in [0.1, 0.15) is 0 Å². The highest BCUT2D eigenvalue weighted by Crippen LogP contribution is 2.44. The van der Waals surface area contributed by atoms with Crippen LogP contribution >= 0.6 is 8.03 Å². The van der Waals surface area contributed by atoms with Gasteiger partial charge in [-0.2, -0.15) is 0 Å². The van der Waals surface area contributed by atoms with E-state index in [9.17, 15) is 9.46 Å². The summed E-state index contributed by atoms with van der Waals surface area (Å²) in [7, 11) is 3.63. The average Bonchev–Trinajstić information content (AvgIpc) is 2.66. The second-order valence-electron chi connectivity index (χ2n) is 9.65. The van der Waals surface area contributed by atoms with Crippen LogP contribution < -0.4 is 4.89 Å². The third-order valence-electron chi connectivity index (χ3n) is 6.49. The van der Waals surface area contributed by atoms with Gasteiger partial charge in [-0.1, -0.05) is 101 Å². The molecule has 0 fully saturated rings. The van der Waals surface area contributed by atoms with Crippen LogP contribution in [0.15, 0.2) is 12.2 Å². The molecule has 4 heteroatoms. The van der Waals surface area contributed by atoms with Crippen LogP contribution in [0.4, 0.5) is 0 Å². The fourth-order valence-electron chi connectivity index (χ4n) is 4.27. The standard InChI is InChI=1S/C25H51NO2P/c1-6-8-9-10-11-12-13-14-15-16-17-18-19-20-21-22-23-24-25(7-2,29(27)28)26(3,4)5/h10-11H,6-9,12-24H2,1-5H3/q+1. The van der Waals surface area contributed by atoms with Crippen LogP contribution in [0.5, 0.6) is 0 Å². The summed E-state index contributed by atoms with van der Waals surface area (Å²) >= 11 is 0. The molecule has 0 aromatic carbocycles. The fraction of sp³-hybridized carbons (Fsp3) is 0.920. The number of hydrogen-bond donors (Lipinski definition) is 0. The minimum Gasteiger partial charge on any atom is -0.590 e. The third-order valence-corrected chi connectivity index (χ3v) is 8.31. The van der Waals surface area contributed by atoms with Crippen molar-refractivity contribution >= 4 is 8.03 Å². The number of allylic oxidation sites excluding steroid dienone is 2. The van der Waals surface area contributed by atoms with Gasteiger partial charge in [-0.05, 0) is 25.7 Å². The number of quaternary nitrogens is 1. The van der Waals surface area contributed by atoms with Gasteiger partial charge < -0.3 is 4.89 Å². The summed E-state index contributed by atoms with van der Waals surface area (Å²) in [5.41, 5.74) is 0. The molecule has 0 aliphatic heterocycles. The van der Waals surface area contributed by atoms with E-state index in [0.717, 1.165) is 19.3 Å². The van der Waals surface area contributed by atoms with Gasteiger partial charge in [0.15, 0.2) is 0 Å². The van der Waals surface area contributed by atoms with E-state index in [-0.39, 0.29) is 0 Å². The molecule has 0 rings (SSSR count). The Bertz CT molecular complexity index is 431. The first-order chi connectivity index (χ1) is 13.8. The first-order valence-electron chi connectivity index (χ1n) is 12.4. The zero-order valence-electron chi connectivity index (χ0n) is 20.4. The van der Waals surface area contributed by atoms with Crippen molar-refractivity contribution in [3.63, 3.8) is 0 Å². The number of rotatable bonds is 20. The van der Waals surface area contributed by atoms with Crippen LogP contribution in [0.3, 0.4) is 0 Å². The molecular weight excluding hydrogens is 377 g/mol. The van der Waals surface area contributed by atoms with E-state index in [0.29, 0.717) is 10.9 Å². The monoisotopic (exact) mass is 428 g/mol. The van der Waals surface area contributed by atoms with Crippen molar-refractivity contribution in [1.82, 2.24) is 0 Å². The molecule has 0 radical (unpaired) electrons. The molecule has 172 valence electrons. The quantitative estimate of drug-likeness (QED) is 0.0861. The van der Waals surface area contributed by atoms with Crippen LogP contribution in [0, 0.1) is 0 Å². The van der Waals surface area contributed by atoms with Crippen molar-refractivity contribution in [2.24, 2.45) is 0 Å². The van der Waals surface area contributed by atoms with E-state index in [2.05, 4.69) is 19.1 Å². The summed E-state index contributed by atoms with van der Waals surface area (Å²) in [4.78, 5) is 11.9. The highest BCUT2D eigenvalue weighted by atomic mass is 31.1. The Kier molecular flexibility index (Phi) is 17.3. The summed E-state index contributed by atoms with van der Waals surface area (Å²) < 4.78 is 12.4. The number of unbranched alkanes of at least 4 members (excludes halogenated alkanes) is 13. The van der Waals surface area contributed by atoms with Crippen molar-refractivity contribution in [3.05, 3.63) is 12.2 Å². The van der Waals surface area contributed by atoms with E-state index < -0.39 is 13.3 Å². The molecule has 0 aromatic heterocycles. The van der Waals surface area contributed by atoms with Crippen molar-refractivity contribution in [1.29, 1.82) is 0 Å². The lowest BCUT2D eigenvalue weighted by molar-refractivity contribution is -0.910. The van der Waals surface area contributed by atoms with E-state index in [1.54, 1.807) is 0 Å². The minimum atomic E-state index is -2.41. The van der Waals surface area contributed by atoms with Crippen LogP contribution in [0.25, 0.3) is 0 Å². The maximum absolute atomic E-state index is 11.9. The first-order valence-corrected chi connectivity index (χ1v) is 13.6. The topological polar surface area (TPSA) is 40.1 Å². The Morgan fingerprint density at radius 3 is 1.52 bits per heavy atom. The van der Waals surface area contributed by atoms with Gasteiger partial charge in [-0.25, -0.2) is 0 Å². The van der Waals surface area contributed by atoms with Crippen LogP contribution in [-0.4, -0.2) is 30.9 Å². The molecule has 0 amide bonds. The zero-order valence-corrected chi connectivity index (χ0v) is 21.3. The first kappa shape index (κ1) is 28.8. The summed E-state index contributed by atoms with van der Waals surface area (Å²) in [6, 6.07) is 0. The smallest absolute Gasteiger partial charge is 0.376 e. The Hall–Kier alpha value is -0.240. The minimum absolute atomic E-state index is 0.511. The van der Waals surface area contributed by atoms with Crippen molar-refractivity contribution in [2.45, 2.75) is 128 Å². The SMILES string of the molecule is CCCCC=CCCCCCCCCCCCCCC(CC)([P+](=O)[O-])[N+](C)(C)C. The zero-order chi connectivity index (χ0) is 22.0. The Labute approximate surface area is 183 Å². The largest absolute Gasteiger partial charge is 0.590 e. The van der Waals surface area contributed by atoms with Crippen molar-refractivity contribution in [2.75, 3.05) is 21.1 Å². The lowest BCUT2D eigenvalue weighted by Crippen LogP contribution is -2.55. The maximum Gasteiger partial charge on any atom is 0.376 e. The summed E-state index contributed by atoms with van der Waals surface area (Å²) in [5.74, 6) is 0. The molecule has 0 spiro atoms. The van der Waals surface area contributed by atoms with Gasteiger partial charge in [0, 0.05) is 12.8 Å². The van der Waals surface area contributed by atoms with E-state index in [1.807, 2.05) is 28.1 Å². The lowest BCUT2D eigenvalue weighted by atomic mass is 10.0. The predicted octanol–water partition coefficient (Wildman–Crippen LogP) is 7.72. The third kappa shape index (κ3) is 12.9. The molecule has 0 aliphatic carbocycles. The van der Waals surface area contributed by atoms with Gasteiger partial charge in [0.05, 0.1) is 21.1 Å². The maximum atomic E-state index is 11.9.